The number of hydrogen-bond donors (Lipinski definition) is 0. The van der Waals surface area contributed by atoms with Gasteiger partial charge >= 0.3 is 0 Å². The topological polar surface area (TPSA) is 9.23 Å². The van der Waals surface area contributed by atoms with Crippen molar-refractivity contribution in [2.45, 2.75) is 12.3 Å². The Hall–Kier alpha value is -0.570. The first-order chi connectivity index (χ1) is 5.69. The Morgan fingerprint density at radius 1 is 1.50 bits per heavy atom. The van der Waals surface area contributed by atoms with Crippen LogP contribution in [0.2, 0.25) is 0 Å². The monoisotopic (exact) mass is 232 g/mol. The summed E-state index contributed by atoms with van der Waals surface area (Å²) >= 11 is 3.21. The number of halogens is 2. The lowest BCUT2D eigenvalue weighted by Crippen LogP contribution is -1.93. The summed E-state index contributed by atoms with van der Waals surface area (Å²) in [5, 5.41) is 0.511. The number of rotatable bonds is 2. The number of ether oxygens (including phenoxy) is 1. The third-order valence-corrected chi connectivity index (χ3v) is 2.29. The summed E-state index contributed by atoms with van der Waals surface area (Å²) in [5.41, 5.74) is 1.25. The van der Waals surface area contributed by atoms with E-state index in [1.807, 2.05) is 0 Å². The zero-order chi connectivity index (χ0) is 9.14. The second-order valence-electron chi connectivity index (χ2n) is 2.55. The zero-order valence-electron chi connectivity index (χ0n) is 7.03. The highest BCUT2D eigenvalue weighted by atomic mass is 79.9. The Morgan fingerprint density at radius 3 is 2.67 bits per heavy atom. The molecule has 0 fully saturated rings. The van der Waals surface area contributed by atoms with Crippen molar-refractivity contribution in [1.29, 1.82) is 0 Å². The lowest BCUT2D eigenvalue weighted by molar-refractivity contribution is 0.412. The van der Waals surface area contributed by atoms with Crippen LogP contribution in [0.3, 0.4) is 0 Å². The van der Waals surface area contributed by atoms with E-state index >= 15 is 0 Å². The van der Waals surface area contributed by atoms with Crippen LogP contribution in [0.4, 0.5) is 4.39 Å². The zero-order valence-corrected chi connectivity index (χ0v) is 8.61. The molecule has 1 rings (SSSR count). The van der Waals surface area contributed by atoms with Gasteiger partial charge in [-0.3, -0.25) is 0 Å². The molecule has 12 heavy (non-hydrogen) atoms. The minimum absolute atomic E-state index is 0.160. The Kier molecular flexibility index (Phi) is 3.09. The van der Waals surface area contributed by atoms with Crippen molar-refractivity contribution in [3.63, 3.8) is 0 Å². The fraction of sp³-hybridized carbons (Fsp3) is 0.333. The predicted molar refractivity (Wildman–Crippen MR) is 50.3 cm³/mol. The molecule has 3 heteroatoms. The van der Waals surface area contributed by atoms with Crippen LogP contribution in [0.1, 0.15) is 11.1 Å². The summed E-state index contributed by atoms with van der Waals surface area (Å²) in [4.78, 5) is 0. The SMILES string of the molecule is COc1cc(C)c(F)c(CBr)c1. The van der Waals surface area contributed by atoms with Crippen molar-refractivity contribution in [2.75, 3.05) is 7.11 Å². The van der Waals surface area contributed by atoms with E-state index in [-0.39, 0.29) is 5.82 Å². The van der Waals surface area contributed by atoms with E-state index in [0.29, 0.717) is 22.2 Å². The average Bonchev–Trinajstić information content (AvgIpc) is 2.09. The molecule has 0 bridgehead atoms. The van der Waals surface area contributed by atoms with Gasteiger partial charge in [-0.05, 0) is 24.6 Å². The van der Waals surface area contributed by atoms with Gasteiger partial charge in [0.1, 0.15) is 11.6 Å². The maximum absolute atomic E-state index is 13.2. The van der Waals surface area contributed by atoms with Gasteiger partial charge in [0.2, 0.25) is 0 Å². The minimum Gasteiger partial charge on any atom is -0.497 e. The molecule has 1 aromatic carbocycles. The molecule has 0 spiro atoms. The van der Waals surface area contributed by atoms with Crippen molar-refractivity contribution in [3.05, 3.63) is 29.1 Å². The number of methoxy groups -OCH3 is 1. The lowest BCUT2D eigenvalue weighted by atomic mass is 10.1. The van der Waals surface area contributed by atoms with E-state index in [9.17, 15) is 4.39 Å². The second-order valence-corrected chi connectivity index (χ2v) is 3.11. The van der Waals surface area contributed by atoms with E-state index in [0.717, 1.165) is 0 Å². The van der Waals surface area contributed by atoms with Gasteiger partial charge in [0.15, 0.2) is 0 Å². The Bertz CT molecular complexity index is 286. The molecular formula is C9H10BrFO. The quantitative estimate of drug-likeness (QED) is 0.713. The van der Waals surface area contributed by atoms with Crippen molar-refractivity contribution in [3.8, 4) is 5.75 Å². The average molecular weight is 233 g/mol. The van der Waals surface area contributed by atoms with E-state index in [2.05, 4.69) is 15.9 Å². The summed E-state index contributed by atoms with van der Waals surface area (Å²) < 4.78 is 18.2. The van der Waals surface area contributed by atoms with Gasteiger partial charge in [-0.2, -0.15) is 0 Å². The maximum atomic E-state index is 13.2. The summed E-state index contributed by atoms with van der Waals surface area (Å²) in [5.74, 6) is 0.538. The molecule has 0 aliphatic heterocycles. The molecule has 66 valence electrons. The highest BCUT2D eigenvalue weighted by Crippen LogP contribution is 2.22. The first-order valence-electron chi connectivity index (χ1n) is 3.58. The van der Waals surface area contributed by atoms with Crippen molar-refractivity contribution in [2.24, 2.45) is 0 Å². The summed E-state index contributed by atoms with van der Waals surface area (Å²) in [6, 6.07) is 3.37. The Morgan fingerprint density at radius 2 is 2.17 bits per heavy atom. The summed E-state index contributed by atoms with van der Waals surface area (Å²) in [6.07, 6.45) is 0. The molecule has 0 aliphatic carbocycles. The van der Waals surface area contributed by atoms with Crippen molar-refractivity contribution in [1.82, 2.24) is 0 Å². The fourth-order valence-electron chi connectivity index (χ4n) is 1.02. The van der Waals surface area contributed by atoms with Crippen LogP contribution in [0.15, 0.2) is 12.1 Å². The number of aryl methyl sites for hydroxylation is 1. The van der Waals surface area contributed by atoms with E-state index in [1.54, 1.807) is 26.2 Å². The van der Waals surface area contributed by atoms with Gasteiger partial charge in [-0.25, -0.2) is 4.39 Å². The van der Waals surface area contributed by atoms with Gasteiger partial charge < -0.3 is 4.74 Å². The molecule has 1 aromatic rings. The molecule has 0 unspecified atom stereocenters. The predicted octanol–water partition coefficient (Wildman–Crippen LogP) is 3.04. The highest BCUT2D eigenvalue weighted by Gasteiger charge is 2.06. The maximum Gasteiger partial charge on any atom is 0.130 e. The van der Waals surface area contributed by atoms with Crippen LogP contribution in [0.5, 0.6) is 5.75 Å². The van der Waals surface area contributed by atoms with E-state index in [4.69, 9.17) is 4.74 Å². The van der Waals surface area contributed by atoms with E-state index < -0.39 is 0 Å². The molecule has 0 heterocycles. The Balaban J connectivity index is 3.19. The molecule has 0 atom stereocenters. The smallest absolute Gasteiger partial charge is 0.130 e. The molecular weight excluding hydrogens is 223 g/mol. The number of benzene rings is 1. The molecule has 0 amide bonds. The highest BCUT2D eigenvalue weighted by molar-refractivity contribution is 9.08. The largest absolute Gasteiger partial charge is 0.497 e. The van der Waals surface area contributed by atoms with Crippen LogP contribution in [-0.2, 0) is 5.33 Å². The number of hydrogen-bond acceptors (Lipinski definition) is 1. The third kappa shape index (κ3) is 1.78. The van der Waals surface area contributed by atoms with Crippen molar-refractivity contribution < 1.29 is 9.13 Å². The Labute approximate surface area is 79.7 Å². The third-order valence-electron chi connectivity index (χ3n) is 1.68. The second kappa shape index (κ2) is 3.90. The lowest BCUT2D eigenvalue weighted by Gasteiger charge is -2.06. The minimum atomic E-state index is -0.160. The van der Waals surface area contributed by atoms with Gasteiger partial charge in [0.25, 0.3) is 0 Å². The standard InChI is InChI=1S/C9H10BrFO/c1-6-3-8(12-2)4-7(5-10)9(6)11/h3-4H,5H2,1-2H3. The normalized spacial score (nSPS) is 10.0. The molecule has 0 saturated carbocycles. The van der Waals surface area contributed by atoms with Crippen molar-refractivity contribution >= 4 is 15.9 Å². The molecule has 0 aliphatic rings. The summed E-state index contributed by atoms with van der Waals surface area (Å²) in [7, 11) is 1.57. The van der Waals surface area contributed by atoms with Crippen LogP contribution in [0.25, 0.3) is 0 Å². The van der Waals surface area contributed by atoms with Crippen LogP contribution >= 0.6 is 15.9 Å². The van der Waals surface area contributed by atoms with E-state index in [1.165, 1.54) is 0 Å². The van der Waals surface area contributed by atoms with Crippen LogP contribution in [0, 0.1) is 12.7 Å². The molecule has 0 N–H and O–H groups in total. The van der Waals surface area contributed by atoms with Crippen LogP contribution < -0.4 is 4.74 Å². The first kappa shape index (κ1) is 9.52. The van der Waals surface area contributed by atoms with Gasteiger partial charge in [-0.15, -0.1) is 0 Å². The van der Waals surface area contributed by atoms with Gasteiger partial charge in [-0.1, -0.05) is 15.9 Å². The van der Waals surface area contributed by atoms with Gasteiger partial charge in [0, 0.05) is 10.9 Å². The molecule has 0 saturated heterocycles. The molecule has 0 aromatic heterocycles. The number of alkyl halides is 1. The van der Waals surface area contributed by atoms with Gasteiger partial charge in [0.05, 0.1) is 7.11 Å². The molecule has 0 radical (unpaired) electrons. The van der Waals surface area contributed by atoms with Crippen LogP contribution in [-0.4, -0.2) is 7.11 Å². The fourth-order valence-corrected chi connectivity index (χ4v) is 1.43. The molecule has 1 nitrogen and oxygen atoms in total. The first-order valence-corrected chi connectivity index (χ1v) is 4.70. The summed E-state index contributed by atoms with van der Waals surface area (Å²) in [6.45, 7) is 1.73.